The summed E-state index contributed by atoms with van der Waals surface area (Å²) in [7, 11) is 1.59. The van der Waals surface area contributed by atoms with Crippen molar-refractivity contribution in [1.82, 2.24) is 5.32 Å². The molecule has 0 bridgehead atoms. The first kappa shape index (κ1) is 16.6. The third-order valence-corrected chi connectivity index (χ3v) is 3.56. The van der Waals surface area contributed by atoms with Crippen molar-refractivity contribution >= 4 is 17.5 Å². The van der Waals surface area contributed by atoms with E-state index in [-0.39, 0.29) is 17.9 Å². The highest BCUT2D eigenvalue weighted by atomic mass is 35.5. The summed E-state index contributed by atoms with van der Waals surface area (Å²) in [4.78, 5) is 11.9. The average molecular weight is 300 g/mol. The molecule has 0 spiro atoms. The molecule has 4 nitrogen and oxygen atoms in total. The summed E-state index contributed by atoms with van der Waals surface area (Å²) in [6.45, 7) is 5.92. The lowest BCUT2D eigenvalue weighted by atomic mass is 9.95. The Balaban J connectivity index is 2.52. The highest BCUT2D eigenvalue weighted by Gasteiger charge is 2.26. The molecule has 1 N–H and O–H groups in total. The largest absolute Gasteiger partial charge is 0.493 e. The second-order valence-electron chi connectivity index (χ2n) is 5.31. The standard InChI is InChI=1S/C15H22ClNO3/c1-11(9-17-14(18)15(2,3)10-16)20-13-8-6-5-7-12(13)19-4/h5-8,11H,9-10H2,1-4H3,(H,17,18). The predicted molar refractivity (Wildman–Crippen MR) is 80.6 cm³/mol. The second-order valence-corrected chi connectivity index (χ2v) is 5.57. The van der Waals surface area contributed by atoms with E-state index >= 15 is 0 Å². The minimum Gasteiger partial charge on any atom is -0.493 e. The van der Waals surface area contributed by atoms with Gasteiger partial charge in [-0.15, -0.1) is 11.6 Å². The summed E-state index contributed by atoms with van der Waals surface area (Å²) >= 11 is 5.76. The number of rotatable bonds is 7. The van der Waals surface area contributed by atoms with Crippen molar-refractivity contribution in [2.24, 2.45) is 5.41 Å². The lowest BCUT2D eigenvalue weighted by Gasteiger charge is -2.22. The summed E-state index contributed by atoms with van der Waals surface area (Å²) in [5.74, 6) is 1.53. The first-order chi connectivity index (χ1) is 9.40. The molecule has 1 amide bonds. The van der Waals surface area contributed by atoms with Crippen LogP contribution in [0, 0.1) is 5.41 Å². The van der Waals surface area contributed by atoms with Gasteiger partial charge in [0, 0.05) is 5.88 Å². The molecule has 0 aliphatic carbocycles. The lowest BCUT2D eigenvalue weighted by Crippen LogP contribution is -2.42. The van der Waals surface area contributed by atoms with Crippen molar-refractivity contribution in [2.75, 3.05) is 19.5 Å². The number of nitrogens with one attached hydrogen (secondary N) is 1. The van der Waals surface area contributed by atoms with Crippen molar-refractivity contribution in [3.05, 3.63) is 24.3 Å². The second kappa shape index (κ2) is 7.39. The van der Waals surface area contributed by atoms with Gasteiger partial charge in [0.15, 0.2) is 11.5 Å². The van der Waals surface area contributed by atoms with Crippen LogP contribution in [-0.4, -0.2) is 31.5 Å². The lowest BCUT2D eigenvalue weighted by molar-refractivity contribution is -0.128. The number of amides is 1. The molecule has 0 fully saturated rings. The van der Waals surface area contributed by atoms with Crippen LogP contribution in [0.3, 0.4) is 0 Å². The SMILES string of the molecule is COc1ccccc1OC(C)CNC(=O)C(C)(C)CCl. The Morgan fingerprint density at radius 2 is 1.95 bits per heavy atom. The van der Waals surface area contributed by atoms with Crippen LogP contribution in [0.4, 0.5) is 0 Å². The molecule has 0 aliphatic rings. The van der Waals surface area contributed by atoms with Crippen molar-refractivity contribution in [3.63, 3.8) is 0 Å². The number of alkyl halides is 1. The number of carbonyl (C=O) groups excluding carboxylic acids is 1. The number of ether oxygens (including phenoxy) is 2. The maximum absolute atomic E-state index is 11.9. The number of hydrogen-bond acceptors (Lipinski definition) is 3. The zero-order chi connectivity index (χ0) is 15.2. The zero-order valence-corrected chi connectivity index (χ0v) is 13.2. The van der Waals surface area contributed by atoms with E-state index in [0.29, 0.717) is 18.0 Å². The van der Waals surface area contributed by atoms with E-state index < -0.39 is 5.41 Å². The van der Waals surface area contributed by atoms with Crippen LogP contribution in [0.15, 0.2) is 24.3 Å². The molecule has 0 saturated heterocycles. The number of methoxy groups -OCH3 is 1. The van der Waals surface area contributed by atoms with Crippen LogP contribution >= 0.6 is 11.6 Å². The fourth-order valence-electron chi connectivity index (χ4n) is 1.51. The van der Waals surface area contributed by atoms with E-state index in [1.54, 1.807) is 21.0 Å². The van der Waals surface area contributed by atoms with E-state index in [4.69, 9.17) is 21.1 Å². The molecular formula is C15H22ClNO3. The van der Waals surface area contributed by atoms with Crippen molar-refractivity contribution in [1.29, 1.82) is 0 Å². The Kier molecular flexibility index (Phi) is 6.14. The van der Waals surface area contributed by atoms with Gasteiger partial charge in [-0.05, 0) is 32.9 Å². The third-order valence-electron chi connectivity index (χ3n) is 2.90. The quantitative estimate of drug-likeness (QED) is 0.788. The molecule has 112 valence electrons. The Labute approximate surface area is 125 Å². The van der Waals surface area contributed by atoms with Crippen LogP contribution in [0.1, 0.15) is 20.8 Å². The summed E-state index contributed by atoms with van der Waals surface area (Å²) in [6.07, 6.45) is -0.165. The molecule has 1 rings (SSSR count). The van der Waals surface area contributed by atoms with E-state index in [2.05, 4.69) is 5.32 Å². The molecule has 1 aromatic rings. The number of halogens is 1. The highest BCUT2D eigenvalue weighted by Crippen LogP contribution is 2.26. The van der Waals surface area contributed by atoms with Gasteiger partial charge < -0.3 is 14.8 Å². The van der Waals surface area contributed by atoms with Crippen LogP contribution in [0.5, 0.6) is 11.5 Å². The van der Waals surface area contributed by atoms with Gasteiger partial charge in [0.1, 0.15) is 6.10 Å². The number of hydrogen-bond donors (Lipinski definition) is 1. The molecule has 0 heterocycles. The maximum Gasteiger partial charge on any atom is 0.226 e. The molecule has 0 radical (unpaired) electrons. The van der Waals surface area contributed by atoms with Crippen molar-refractivity contribution in [2.45, 2.75) is 26.9 Å². The Morgan fingerprint density at radius 3 is 2.50 bits per heavy atom. The monoisotopic (exact) mass is 299 g/mol. The van der Waals surface area contributed by atoms with Gasteiger partial charge in [-0.25, -0.2) is 0 Å². The van der Waals surface area contributed by atoms with Crippen LogP contribution < -0.4 is 14.8 Å². The first-order valence-corrected chi connectivity index (χ1v) is 7.08. The van der Waals surface area contributed by atoms with Gasteiger partial charge >= 0.3 is 0 Å². The summed E-state index contributed by atoms with van der Waals surface area (Å²) in [6, 6.07) is 7.41. The minimum atomic E-state index is -0.578. The fourth-order valence-corrected chi connectivity index (χ4v) is 1.63. The Hall–Kier alpha value is -1.42. The van der Waals surface area contributed by atoms with Crippen LogP contribution in [0.2, 0.25) is 0 Å². The average Bonchev–Trinajstić information content (AvgIpc) is 2.45. The summed E-state index contributed by atoms with van der Waals surface area (Å²) in [5.41, 5.74) is -0.578. The zero-order valence-electron chi connectivity index (χ0n) is 12.4. The fraction of sp³-hybridized carbons (Fsp3) is 0.533. The van der Waals surface area contributed by atoms with Crippen LogP contribution in [0.25, 0.3) is 0 Å². The molecular weight excluding hydrogens is 278 g/mol. The van der Waals surface area contributed by atoms with Gasteiger partial charge in [0.25, 0.3) is 0 Å². The molecule has 0 saturated carbocycles. The number of benzene rings is 1. The van der Waals surface area contributed by atoms with Gasteiger partial charge in [-0.3, -0.25) is 4.79 Å². The minimum absolute atomic E-state index is 0.0806. The highest BCUT2D eigenvalue weighted by molar-refractivity contribution is 6.19. The maximum atomic E-state index is 11.9. The molecule has 5 heteroatoms. The molecule has 0 aliphatic heterocycles. The summed E-state index contributed by atoms with van der Waals surface area (Å²) in [5, 5.41) is 2.84. The van der Waals surface area contributed by atoms with Crippen molar-refractivity contribution < 1.29 is 14.3 Å². The third kappa shape index (κ3) is 4.60. The Bertz CT molecular complexity index is 448. The normalized spacial score (nSPS) is 12.7. The number of carbonyl (C=O) groups is 1. The van der Waals surface area contributed by atoms with Gasteiger partial charge in [0.2, 0.25) is 5.91 Å². The van der Waals surface area contributed by atoms with Crippen LogP contribution in [-0.2, 0) is 4.79 Å². The van der Waals surface area contributed by atoms with E-state index in [0.717, 1.165) is 0 Å². The molecule has 1 atom stereocenters. The Morgan fingerprint density at radius 1 is 1.35 bits per heavy atom. The molecule has 0 aromatic heterocycles. The predicted octanol–water partition coefficient (Wildman–Crippen LogP) is 2.84. The molecule has 1 unspecified atom stereocenters. The van der Waals surface area contributed by atoms with Gasteiger partial charge in [-0.1, -0.05) is 12.1 Å². The van der Waals surface area contributed by atoms with Gasteiger partial charge in [0.05, 0.1) is 19.1 Å². The number of para-hydroxylation sites is 2. The molecule has 20 heavy (non-hydrogen) atoms. The van der Waals surface area contributed by atoms with Gasteiger partial charge in [-0.2, -0.15) is 0 Å². The van der Waals surface area contributed by atoms with E-state index in [1.807, 2.05) is 31.2 Å². The van der Waals surface area contributed by atoms with Crippen molar-refractivity contribution in [3.8, 4) is 11.5 Å². The summed E-state index contributed by atoms with van der Waals surface area (Å²) < 4.78 is 11.0. The van der Waals surface area contributed by atoms with E-state index in [1.165, 1.54) is 0 Å². The smallest absolute Gasteiger partial charge is 0.226 e. The van der Waals surface area contributed by atoms with E-state index in [9.17, 15) is 4.79 Å². The molecule has 1 aromatic carbocycles. The first-order valence-electron chi connectivity index (χ1n) is 6.54. The topological polar surface area (TPSA) is 47.6 Å².